The zero-order valence-corrected chi connectivity index (χ0v) is 19.3. The SMILES string of the molecule is CC(C)(C)N1CCN(OC(=O)N2CCN(C(C)(C)C)CC2(C)C)C(C)(C)C1. The highest BCUT2D eigenvalue weighted by molar-refractivity contribution is 5.68. The molecule has 27 heavy (non-hydrogen) atoms. The van der Waals surface area contributed by atoms with Gasteiger partial charge in [0.2, 0.25) is 0 Å². The van der Waals surface area contributed by atoms with Gasteiger partial charge in [-0.3, -0.25) is 14.7 Å². The van der Waals surface area contributed by atoms with Crippen molar-refractivity contribution >= 4 is 6.09 Å². The van der Waals surface area contributed by atoms with Crippen LogP contribution >= 0.6 is 0 Å². The highest BCUT2D eigenvalue weighted by Gasteiger charge is 2.44. The van der Waals surface area contributed by atoms with E-state index in [1.54, 1.807) is 0 Å². The highest BCUT2D eigenvalue weighted by Crippen LogP contribution is 2.30. The maximum absolute atomic E-state index is 13.0. The van der Waals surface area contributed by atoms with Crippen LogP contribution in [-0.2, 0) is 4.84 Å². The van der Waals surface area contributed by atoms with Crippen molar-refractivity contribution in [3.05, 3.63) is 0 Å². The monoisotopic (exact) mass is 382 g/mol. The molecule has 0 aromatic rings. The summed E-state index contributed by atoms with van der Waals surface area (Å²) in [5.74, 6) is 0. The number of carbonyl (C=O) groups excluding carboxylic acids is 1. The van der Waals surface area contributed by atoms with Crippen molar-refractivity contribution in [1.82, 2.24) is 19.8 Å². The minimum absolute atomic E-state index is 0.110. The molecule has 2 heterocycles. The lowest BCUT2D eigenvalue weighted by molar-refractivity contribution is -0.209. The molecule has 2 fully saturated rings. The van der Waals surface area contributed by atoms with Gasteiger partial charge in [-0.1, -0.05) is 0 Å². The molecule has 0 bridgehead atoms. The lowest BCUT2D eigenvalue weighted by atomic mass is 9.94. The molecule has 0 aliphatic carbocycles. The van der Waals surface area contributed by atoms with Gasteiger partial charge in [-0.15, -0.1) is 5.06 Å². The van der Waals surface area contributed by atoms with E-state index in [1.165, 1.54) is 0 Å². The summed E-state index contributed by atoms with van der Waals surface area (Å²) in [6.07, 6.45) is -0.217. The average Bonchev–Trinajstić information content (AvgIpc) is 2.45. The maximum Gasteiger partial charge on any atom is 0.429 e. The third-order valence-electron chi connectivity index (χ3n) is 6.03. The fourth-order valence-corrected chi connectivity index (χ4v) is 4.09. The van der Waals surface area contributed by atoms with E-state index < -0.39 is 0 Å². The van der Waals surface area contributed by atoms with E-state index in [0.29, 0.717) is 6.54 Å². The third-order valence-corrected chi connectivity index (χ3v) is 6.03. The van der Waals surface area contributed by atoms with E-state index >= 15 is 0 Å². The Morgan fingerprint density at radius 2 is 1.19 bits per heavy atom. The van der Waals surface area contributed by atoms with E-state index in [9.17, 15) is 4.79 Å². The minimum Gasteiger partial charge on any atom is -0.350 e. The number of hydroxylamine groups is 2. The van der Waals surface area contributed by atoms with Crippen LogP contribution in [0.25, 0.3) is 0 Å². The van der Waals surface area contributed by atoms with Crippen LogP contribution in [0.4, 0.5) is 4.79 Å². The highest BCUT2D eigenvalue weighted by atomic mass is 16.7. The van der Waals surface area contributed by atoms with Crippen molar-refractivity contribution in [2.24, 2.45) is 0 Å². The number of carbonyl (C=O) groups is 1. The average molecular weight is 383 g/mol. The second kappa shape index (κ2) is 7.20. The van der Waals surface area contributed by atoms with E-state index in [2.05, 4.69) is 79.0 Å². The van der Waals surface area contributed by atoms with Crippen LogP contribution in [0.5, 0.6) is 0 Å². The van der Waals surface area contributed by atoms with Gasteiger partial charge in [-0.25, -0.2) is 4.79 Å². The minimum atomic E-state index is -0.250. The first kappa shape index (κ1) is 22.4. The van der Waals surface area contributed by atoms with Crippen molar-refractivity contribution in [2.45, 2.75) is 91.4 Å². The molecule has 1 amide bonds. The summed E-state index contributed by atoms with van der Waals surface area (Å²) in [5, 5.41) is 1.89. The molecule has 158 valence electrons. The van der Waals surface area contributed by atoms with Gasteiger partial charge in [0, 0.05) is 50.3 Å². The molecule has 2 aliphatic heterocycles. The van der Waals surface area contributed by atoms with Crippen LogP contribution in [0.3, 0.4) is 0 Å². The molecule has 0 aromatic carbocycles. The molecule has 6 nitrogen and oxygen atoms in total. The van der Waals surface area contributed by atoms with Crippen molar-refractivity contribution in [1.29, 1.82) is 0 Å². The summed E-state index contributed by atoms with van der Waals surface area (Å²) >= 11 is 0. The fourth-order valence-electron chi connectivity index (χ4n) is 4.09. The lowest BCUT2D eigenvalue weighted by Crippen LogP contribution is -2.67. The van der Waals surface area contributed by atoms with Crippen LogP contribution < -0.4 is 0 Å². The summed E-state index contributed by atoms with van der Waals surface area (Å²) < 4.78 is 0. The zero-order valence-electron chi connectivity index (χ0n) is 19.3. The van der Waals surface area contributed by atoms with Crippen LogP contribution in [0, 0.1) is 0 Å². The van der Waals surface area contributed by atoms with Crippen molar-refractivity contribution in [3.63, 3.8) is 0 Å². The smallest absolute Gasteiger partial charge is 0.350 e. The van der Waals surface area contributed by atoms with Gasteiger partial charge in [-0.05, 0) is 69.2 Å². The Hall–Kier alpha value is -0.850. The predicted molar refractivity (Wildman–Crippen MR) is 111 cm³/mol. The molecule has 0 saturated carbocycles. The molecule has 2 aliphatic rings. The van der Waals surface area contributed by atoms with Crippen LogP contribution in [-0.4, -0.2) is 87.3 Å². The number of amides is 1. The number of hydrogen-bond donors (Lipinski definition) is 0. The first-order valence-corrected chi connectivity index (χ1v) is 10.3. The Balaban J connectivity index is 2.03. The van der Waals surface area contributed by atoms with Gasteiger partial charge in [-0.2, -0.15) is 0 Å². The van der Waals surface area contributed by atoms with Gasteiger partial charge in [0.25, 0.3) is 0 Å². The molecule has 2 rings (SSSR count). The Morgan fingerprint density at radius 3 is 1.59 bits per heavy atom. The molecule has 0 aromatic heterocycles. The molecule has 2 saturated heterocycles. The zero-order chi connectivity index (χ0) is 20.8. The van der Waals surface area contributed by atoms with Gasteiger partial charge < -0.3 is 4.84 Å². The molecule has 6 heteroatoms. The second-order valence-electron chi connectivity index (χ2n) is 11.4. The lowest BCUT2D eigenvalue weighted by Gasteiger charge is -2.52. The Labute approximate surface area is 166 Å². The van der Waals surface area contributed by atoms with Crippen LogP contribution in [0.2, 0.25) is 0 Å². The van der Waals surface area contributed by atoms with E-state index in [1.807, 2.05) is 9.96 Å². The van der Waals surface area contributed by atoms with Crippen molar-refractivity contribution < 1.29 is 9.63 Å². The normalized spacial score (nSPS) is 25.5. The van der Waals surface area contributed by atoms with E-state index in [-0.39, 0.29) is 28.2 Å². The number of piperazine rings is 2. The standard InChI is InChI=1S/C21H42N4O2/c1-18(2,3)22-11-13-24(20(7,8)15-22)17(26)27-25-14-12-23(19(4,5)6)16-21(25,9)10/h11-16H2,1-10H3. The fraction of sp³-hybridized carbons (Fsp3) is 0.952. The Kier molecular flexibility index (Phi) is 5.98. The quantitative estimate of drug-likeness (QED) is 0.695. The van der Waals surface area contributed by atoms with Gasteiger partial charge in [0.15, 0.2) is 0 Å². The third kappa shape index (κ3) is 5.15. The number of rotatable bonds is 1. The molecule has 0 N–H and O–H groups in total. The van der Waals surface area contributed by atoms with E-state index in [0.717, 1.165) is 32.7 Å². The van der Waals surface area contributed by atoms with Crippen molar-refractivity contribution in [3.8, 4) is 0 Å². The first-order chi connectivity index (χ1) is 12.0. The van der Waals surface area contributed by atoms with E-state index in [4.69, 9.17) is 4.84 Å². The van der Waals surface area contributed by atoms with Crippen molar-refractivity contribution in [2.75, 3.05) is 39.3 Å². The Bertz CT molecular complexity index is 545. The topological polar surface area (TPSA) is 39.3 Å². The van der Waals surface area contributed by atoms with Crippen LogP contribution in [0.15, 0.2) is 0 Å². The van der Waals surface area contributed by atoms with Crippen LogP contribution in [0.1, 0.15) is 69.2 Å². The van der Waals surface area contributed by atoms with Gasteiger partial charge >= 0.3 is 6.09 Å². The largest absolute Gasteiger partial charge is 0.429 e. The number of nitrogens with zero attached hydrogens (tertiary/aromatic N) is 4. The molecular formula is C21H42N4O2. The summed E-state index contributed by atoms with van der Waals surface area (Å²) in [4.78, 5) is 25.8. The summed E-state index contributed by atoms with van der Waals surface area (Å²) in [7, 11) is 0. The predicted octanol–water partition coefficient (Wildman–Crippen LogP) is 3.43. The molecule has 0 atom stereocenters. The summed E-state index contributed by atoms with van der Waals surface area (Å²) in [6.45, 7) is 26.9. The Morgan fingerprint density at radius 1 is 0.741 bits per heavy atom. The first-order valence-electron chi connectivity index (χ1n) is 10.3. The molecular weight excluding hydrogens is 340 g/mol. The summed E-state index contributed by atoms with van der Waals surface area (Å²) in [6, 6.07) is 0. The van der Waals surface area contributed by atoms with Gasteiger partial charge in [0.05, 0.1) is 11.1 Å². The summed E-state index contributed by atoms with van der Waals surface area (Å²) in [5.41, 5.74) is -0.226. The number of hydrogen-bond acceptors (Lipinski definition) is 5. The molecule has 0 unspecified atom stereocenters. The maximum atomic E-state index is 13.0. The second-order valence-corrected chi connectivity index (χ2v) is 11.4. The molecule has 0 radical (unpaired) electrons. The van der Waals surface area contributed by atoms with Gasteiger partial charge in [0.1, 0.15) is 0 Å². The molecule has 0 spiro atoms.